The van der Waals surface area contributed by atoms with Crippen LogP contribution in [0.4, 0.5) is 11.4 Å². The molecule has 0 spiro atoms. The lowest BCUT2D eigenvalue weighted by Crippen LogP contribution is -2.63. The van der Waals surface area contributed by atoms with Crippen molar-refractivity contribution in [3.63, 3.8) is 0 Å². The number of hydrogen-bond acceptors (Lipinski definition) is 8. The number of likely N-dealkylation sites (N-methyl/N-ethyl adjacent to an activating group) is 1. The van der Waals surface area contributed by atoms with Crippen LogP contribution in [0.3, 0.4) is 0 Å². The second-order valence-corrected chi connectivity index (χ2v) is 12.2. The number of rotatable bonds is 8. The van der Waals surface area contributed by atoms with Gasteiger partial charge >= 0.3 is 0 Å². The number of ether oxygens (including phenoxy) is 1. The van der Waals surface area contributed by atoms with Gasteiger partial charge in [-0.3, -0.25) is 14.4 Å². The van der Waals surface area contributed by atoms with Gasteiger partial charge in [0.15, 0.2) is 0 Å². The maximum absolute atomic E-state index is 13.8. The van der Waals surface area contributed by atoms with Crippen molar-refractivity contribution in [2.45, 2.75) is 52.5 Å². The average molecular weight is 593 g/mol. The summed E-state index contributed by atoms with van der Waals surface area (Å²) in [5, 5.41) is 6.26. The summed E-state index contributed by atoms with van der Waals surface area (Å²) in [4.78, 5) is 43.0. The lowest BCUT2D eigenvalue weighted by molar-refractivity contribution is -0.133. The minimum absolute atomic E-state index is 0.185. The molecule has 0 bridgehead atoms. The molecule has 3 heterocycles. The molecule has 1 aliphatic rings. The number of amides is 3. The second-order valence-electron chi connectivity index (χ2n) is 12.2. The number of nitrogens with two attached hydrogens (primary N) is 1. The largest absolute Gasteiger partial charge is 0.476 e. The van der Waals surface area contributed by atoms with Crippen molar-refractivity contribution in [2.75, 3.05) is 45.7 Å². The van der Waals surface area contributed by atoms with Crippen LogP contribution in [0, 0.1) is 6.92 Å². The lowest BCUT2D eigenvalue weighted by Gasteiger charge is -2.40. The highest BCUT2D eigenvalue weighted by Crippen LogP contribution is 2.35. The Balaban J connectivity index is 0.00000162. The number of aryl methyl sites for hydroxylation is 1. The van der Waals surface area contributed by atoms with Crippen LogP contribution in [0.25, 0.3) is 11.1 Å². The van der Waals surface area contributed by atoms with Gasteiger partial charge in [0.1, 0.15) is 17.9 Å². The molecule has 2 aromatic heterocycles. The molecule has 11 heteroatoms. The lowest BCUT2D eigenvalue weighted by atomic mass is 9.93. The molecular formula is C32H44N6O5. The molecule has 3 amide bonds. The topological polar surface area (TPSA) is 143 Å². The highest BCUT2D eigenvalue weighted by atomic mass is 16.5. The molecule has 43 heavy (non-hydrogen) atoms. The Bertz CT molecular complexity index is 1420. The smallest absolute Gasteiger partial charge is 0.292 e. The number of anilines is 2. The molecule has 232 valence electrons. The molecular weight excluding hydrogens is 548 g/mol. The first-order valence-corrected chi connectivity index (χ1v) is 14.2. The standard InChI is InChI=1S/C31H41N5O4.CH3NO/c1-20-9-11-22(17-23(20)21-10-12-26(33-19-21)39-16-15-35(7)8)34-24-18-25(30(2,3)4)40-27(24)28(37)36-14-13-32-29(38)31(36,5)6;2-1-3/h9-12,17-19,34H,13-16H2,1-8H3,(H,32,38);1H,(H2,2,3). The van der Waals surface area contributed by atoms with Gasteiger partial charge in [-0.15, -0.1) is 0 Å². The zero-order chi connectivity index (χ0) is 31.9. The van der Waals surface area contributed by atoms with E-state index in [0.717, 1.165) is 28.9 Å². The molecule has 0 radical (unpaired) electrons. The third-order valence-electron chi connectivity index (χ3n) is 7.11. The monoisotopic (exact) mass is 592 g/mol. The fourth-order valence-corrected chi connectivity index (χ4v) is 4.51. The van der Waals surface area contributed by atoms with Crippen molar-refractivity contribution in [1.29, 1.82) is 0 Å². The SMILES string of the molecule is Cc1ccc(Nc2cc(C(C)(C)C)oc2C(=O)N2CCNC(=O)C2(C)C)cc1-c1ccc(OCCN(C)C)nc1.NC=O. The quantitative estimate of drug-likeness (QED) is 0.332. The Labute approximate surface area is 253 Å². The Morgan fingerprint density at radius 1 is 1.23 bits per heavy atom. The summed E-state index contributed by atoms with van der Waals surface area (Å²) in [7, 11) is 4.01. The van der Waals surface area contributed by atoms with E-state index in [1.54, 1.807) is 18.7 Å². The van der Waals surface area contributed by atoms with E-state index in [1.807, 2.05) is 77.5 Å². The Morgan fingerprint density at radius 3 is 2.53 bits per heavy atom. The Morgan fingerprint density at radius 2 is 1.93 bits per heavy atom. The van der Waals surface area contributed by atoms with Crippen LogP contribution in [0.15, 0.2) is 47.0 Å². The molecule has 0 atom stereocenters. The molecule has 0 aliphatic carbocycles. The van der Waals surface area contributed by atoms with Crippen molar-refractivity contribution in [3.05, 3.63) is 59.7 Å². The number of piperazine rings is 1. The molecule has 11 nitrogen and oxygen atoms in total. The van der Waals surface area contributed by atoms with Crippen molar-refractivity contribution >= 4 is 29.6 Å². The highest BCUT2D eigenvalue weighted by Gasteiger charge is 2.42. The molecule has 0 saturated carbocycles. The average Bonchev–Trinajstić information content (AvgIpc) is 3.36. The predicted molar refractivity (Wildman–Crippen MR) is 168 cm³/mol. The van der Waals surface area contributed by atoms with E-state index in [4.69, 9.17) is 13.9 Å². The minimum atomic E-state index is -0.992. The number of furan rings is 1. The van der Waals surface area contributed by atoms with E-state index in [2.05, 4.69) is 33.2 Å². The summed E-state index contributed by atoms with van der Waals surface area (Å²) in [5.74, 6) is 0.951. The van der Waals surface area contributed by atoms with Gasteiger partial charge in [-0.25, -0.2) is 4.98 Å². The van der Waals surface area contributed by atoms with Crippen molar-refractivity contribution in [3.8, 4) is 17.0 Å². The van der Waals surface area contributed by atoms with Crippen LogP contribution >= 0.6 is 0 Å². The number of aromatic nitrogens is 1. The van der Waals surface area contributed by atoms with Crippen LogP contribution in [0.5, 0.6) is 5.88 Å². The van der Waals surface area contributed by atoms with E-state index >= 15 is 0 Å². The normalized spacial score (nSPS) is 14.4. The number of carbonyl (C=O) groups excluding carboxylic acids is 3. The van der Waals surface area contributed by atoms with Gasteiger partial charge in [-0.1, -0.05) is 26.8 Å². The summed E-state index contributed by atoms with van der Waals surface area (Å²) in [5.41, 5.74) is 7.29. The number of primary amides is 1. The Kier molecular flexibility index (Phi) is 10.6. The van der Waals surface area contributed by atoms with Crippen LogP contribution in [0.1, 0.15) is 56.5 Å². The number of pyridine rings is 1. The molecule has 3 aromatic rings. The fraction of sp³-hybridized carbons (Fsp3) is 0.438. The Hall–Kier alpha value is -4.38. The van der Waals surface area contributed by atoms with E-state index in [1.165, 1.54) is 0 Å². The van der Waals surface area contributed by atoms with Crippen molar-refractivity contribution < 1.29 is 23.5 Å². The van der Waals surface area contributed by atoms with E-state index < -0.39 is 5.54 Å². The number of nitrogens with zero attached hydrogens (tertiary/aromatic N) is 3. The molecule has 1 saturated heterocycles. The molecule has 1 aliphatic heterocycles. The number of nitrogens with one attached hydrogen (secondary N) is 2. The number of benzene rings is 1. The first-order valence-electron chi connectivity index (χ1n) is 14.2. The first kappa shape index (κ1) is 33.1. The summed E-state index contributed by atoms with van der Waals surface area (Å²) >= 11 is 0. The third-order valence-corrected chi connectivity index (χ3v) is 7.11. The summed E-state index contributed by atoms with van der Waals surface area (Å²) in [6.45, 7) is 13.8. The van der Waals surface area contributed by atoms with Gasteiger partial charge in [0.05, 0.1) is 5.69 Å². The van der Waals surface area contributed by atoms with Crippen LogP contribution < -0.4 is 21.1 Å². The molecule has 4 rings (SSSR count). The summed E-state index contributed by atoms with van der Waals surface area (Å²) in [6.07, 6.45) is 2.06. The number of hydrogen-bond donors (Lipinski definition) is 3. The zero-order valence-electron chi connectivity index (χ0n) is 26.4. The van der Waals surface area contributed by atoms with Crippen LogP contribution in [0.2, 0.25) is 0 Å². The number of carbonyl (C=O) groups is 3. The van der Waals surface area contributed by atoms with E-state index in [0.29, 0.717) is 37.0 Å². The van der Waals surface area contributed by atoms with Gasteiger partial charge in [-0.2, -0.15) is 0 Å². The highest BCUT2D eigenvalue weighted by molar-refractivity contribution is 6.02. The fourth-order valence-electron chi connectivity index (χ4n) is 4.51. The van der Waals surface area contributed by atoms with Gasteiger partial charge in [0, 0.05) is 54.6 Å². The summed E-state index contributed by atoms with van der Waals surface area (Å²) in [6, 6.07) is 11.8. The first-order chi connectivity index (χ1) is 20.2. The minimum Gasteiger partial charge on any atom is -0.476 e. The van der Waals surface area contributed by atoms with Crippen molar-refractivity contribution in [1.82, 2.24) is 20.1 Å². The second kappa shape index (κ2) is 13.7. The third kappa shape index (κ3) is 8.13. The van der Waals surface area contributed by atoms with Crippen molar-refractivity contribution in [2.24, 2.45) is 5.73 Å². The maximum atomic E-state index is 13.8. The molecule has 1 fully saturated rings. The van der Waals surface area contributed by atoms with Gasteiger partial charge in [0.2, 0.25) is 24.0 Å². The molecule has 4 N–H and O–H groups in total. The van der Waals surface area contributed by atoms with Gasteiger partial charge < -0.3 is 35.3 Å². The van der Waals surface area contributed by atoms with Gasteiger partial charge in [0.25, 0.3) is 5.91 Å². The van der Waals surface area contributed by atoms with E-state index in [-0.39, 0.29) is 29.4 Å². The van der Waals surface area contributed by atoms with Crippen LogP contribution in [-0.4, -0.2) is 78.9 Å². The predicted octanol–water partition coefficient (Wildman–Crippen LogP) is 4.08. The molecule has 1 aromatic carbocycles. The van der Waals surface area contributed by atoms with Gasteiger partial charge in [-0.05, 0) is 64.2 Å². The molecule has 0 unspecified atom stereocenters. The van der Waals surface area contributed by atoms with E-state index in [9.17, 15) is 9.59 Å². The summed E-state index contributed by atoms with van der Waals surface area (Å²) < 4.78 is 11.9. The van der Waals surface area contributed by atoms with Crippen LogP contribution in [-0.2, 0) is 15.0 Å². The maximum Gasteiger partial charge on any atom is 0.292 e. The zero-order valence-corrected chi connectivity index (χ0v) is 26.4.